The van der Waals surface area contributed by atoms with Gasteiger partial charge in [0.2, 0.25) is 5.91 Å². The van der Waals surface area contributed by atoms with Crippen LogP contribution in [0.5, 0.6) is 5.75 Å². The SMILES string of the molecule is COc1cc(NC(C)CCCNC(=O)C(N)CCCN)c2nc(C(C)(C)C)ccc2c1. The Morgan fingerprint density at radius 3 is 2.58 bits per heavy atom. The lowest BCUT2D eigenvalue weighted by Gasteiger charge is -2.21. The van der Waals surface area contributed by atoms with Crippen molar-refractivity contribution in [1.29, 1.82) is 0 Å². The van der Waals surface area contributed by atoms with E-state index < -0.39 is 6.04 Å². The normalized spacial score (nSPS) is 13.6. The number of rotatable bonds is 11. The van der Waals surface area contributed by atoms with E-state index in [1.807, 2.05) is 12.1 Å². The van der Waals surface area contributed by atoms with Gasteiger partial charge >= 0.3 is 0 Å². The number of anilines is 1. The molecule has 7 nitrogen and oxygen atoms in total. The van der Waals surface area contributed by atoms with Crippen molar-refractivity contribution in [3.63, 3.8) is 0 Å². The first-order chi connectivity index (χ1) is 14.7. The molecular weight excluding hydrogens is 390 g/mol. The van der Waals surface area contributed by atoms with Crippen molar-refractivity contribution in [2.24, 2.45) is 11.5 Å². The van der Waals surface area contributed by atoms with E-state index in [9.17, 15) is 4.79 Å². The average molecular weight is 430 g/mol. The van der Waals surface area contributed by atoms with E-state index >= 15 is 0 Å². The number of benzene rings is 1. The summed E-state index contributed by atoms with van der Waals surface area (Å²) in [6.45, 7) is 9.78. The first kappa shape index (κ1) is 24.9. The highest BCUT2D eigenvalue weighted by molar-refractivity contribution is 5.92. The van der Waals surface area contributed by atoms with Gasteiger partial charge in [-0.2, -0.15) is 0 Å². The maximum absolute atomic E-state index is 12.0. The molecule has 0 aliphatic carbocycles. The molecule has 0 aliphatic heterocycles. The van der Waals surface area contributed by atoms with Crippen LogP contribution in [0.2, 0.25) is 0 Å². The van der Waals surface area contributed by atoms with Gasteiger partial charge in [-0.15, -0.1) is 0 Å². The maximum atomic E-state index is 12.0. The summed E-state index contributed by atoms with van der Waals surface area (Å²) >= 11 is 0. The van der Waals surface area contributed by atoms with Crippen LogP contribution in [0.25, 0.3) is 10.9 Å². The Hall–Kier alpha value is -2.38. The Morgan fingerprint density at radius 2 is 1.94 bits per heavy atom. The quantitative estimate of drug-likeness (QED) is 0.407. The van der Waals surface area contributed by atoms with Crippen LogP contribution < -0.4 is 26.8 Å². The number of fused-ring (bicyclic) bond motifs is 1. The van der Waals surface area contributed by atoms with Crippen molar-refractivity contribution in [2.45, 2.75) is 70.9 Å². The monoisotopic (exact) mass is 429 g/mol. The number of amides is 1. The summed E-state index contributed by atoms with van der Waals surface area (Å²) < 4.78 is 5.48. The Morgan fingerprint density at radius 1 is 1.19 bits per heavy atom. The van der Waals surface area contributed by atoms with Gasteiger partial charge in [-0.3, -0.25) is 9.78 Å². The Labute approximate surface area is 186 Å². The number of carbonyl (C=O) groups is 1. The number of nitrogens with two attached hydrogens (primary N) is 2. The van der Waals surface area contributed by atoms with E-state index in [-0.39, 0.29) is 17.4 Å². The topological polar surface area (TPSA) is 115 Å². The van der Waals surface area contributed by atoms with Crippen molar-refractivity contribution in [3.05, 3.63) is 30.0 Å². The number of ether oxygens (including phenoxy) is 1. The van der Waals surface area contributed by atoms with E-state index in [0.29, 0.717) is 19.5 Å². The van der Waals surface area contributed by atoms with Gasteiger partial charge in [0.1, 0.15) is 5.75 Å². The van der Waals surface area contributed by atoms with E-state index in [1.54, 1.807) is 7.11 Å². The van der Waals surface area contributed by atoms with Gasteiger partial charge in [0, 0.05) is 35.1 Å². The lowest BCUT2D eigenvalue weighted by molar-refractivity contribution is -0.122. The highest BCUT2D eigenvalue weighted by Crippen LogP contribution is 2.31. The standard InChI is InChI=1S/C24H39N5O2/c1-16(8-7-13-27-23(30)19(26)9-6-12-25)28-20-15-18(31-5)14-17-10-11-21(24(2,3)4)29-22(17)20/h10-11,14-16,19,28H,6-9,12-13,25-26H2,1-5H3,(H,27,30). The third kappa shape index (κ3) is 7.36. The molecule has 0 radical (unpaired) electrons. The summed E-state index contributed by atoms with van der Waals surface area (Å²) in [4.78, 5) is 16.9. The van der Waals surface area contributed by atoms with E-state index in [1.165, 1.54) is 0 Å². The molecule has 1 aromatic carbocycles. The van der Waals surface area contributed by atoms with E-state index in [0.717, 1.165) is 47.3 Å². The van der Waals surface area contributed by atoms with Gasteiger partial charge in [0.15, 0.2) is 0 Å². The molecule has 0 fully saturated rings. The molecule has 2 rings (SSSR count). The number of aromatic nitrogens is 1. The average Bonchev–Trinajstić information content (AvgIpc) is 2.73. The third-order valence-electron chi connectivity index (χ3n) is 5.34. The second-order valence-corrected chi connectivity index (χ2v) is 9.21. The van der Waals surface area contributed by atoms with Crippen molar-refractivity contribution >= 4 is 22.5 Å². The van der Waals surface area contributed by atoms with Crippen molar-refractivity contribution in [3.8, 4) is 5.75 Å². The highest BCUT2D eigenvalue weighted by atomic mass is 16.5. The molecule has 2 atom stereocenters. The summed E-state index contributed by atoms with van der Waals surface area (Å²) in [5, 5.41) is 7.54. The van der Waals surface area contributed by atoms with Gasteiger partial charge in [0.25, 0.3) is 0 Å². The largest absolute Gasteiger partial charge is 0.497 e. The summed E-state index contributed by atoms with van der Waals surface area (Å²) in [6, 6.07) is 7.91. The predicted molar refractivity (Wildman–Crippen MR) is 129 cm³/mol. The summed E-state index contributed by atoms with van der Waals surface area (Å²) in [5.41, 5.74) is 14.3. The van der Waals surface area contributed by atoms with E-state index in [2.05, 4.69) is 50.5 Å². The minimum Gasteiger partial charge on any atom is -0.497 e. The minimum absolute atomic E-state index is 0.0276. The molecule has 1 aromatic heterocycles. The van der Waals surface area contributed by atoms with Gasteiger partial charge < -0.3 is 26.8 Å². The zero-order valence-corrected chi connectivity index (χ0v) is 19.6. The van der Waals surface area contributed by atoms with Crippen LogP contribution in [-0.2, 0) is 10.2 Å². The molecule has 2 aromatic rings. The van der Waals surface area contributed by atoms with Crippen molar-refractivity contribution in [1.82, 2.24) is 10.3 Å². The molecule has 6 N–H and O–H groups in total. The molecule has 7 heteroatoms. The molecule has 1 amide bonds. The summed E-state index contributed by atoms with van der Waals surface area (Å²) in [6.07, 6.45) is 3.13. The summed E-state index contributed by atoms with van der Waals surface area (Å²) in [5.74, 6) is 0.693. The minimum atomic E-state index is -0.481. The van der Waals surface area contributed by atoms with E-state index in [4.69, 9.17) is 21.2 Å². The fourth-order valence-corrected chi connectivity index (χ4v) is 3.41. The van der Waals surface area contributed by atoms with Gasteiger partial charge in [-0.25, -0.2) is 0 Å². The van der Waals surface area contributed by atoms with Crippen LogP contribution >= 0.6 is 0 Å². The molecule has 0 saturated heterocycles. The summed E-state index contributed by atoms with van der Waals surface area (Å²) in [7, 11) is 1.67. The molecule has 2 unspecified atom stereocenters. The third-order valence-corrected chi connectivity index (χ3v) is 5.34. The molecule has 0 saturated carbocycles. The lowest BCUT2D eigenvalue weighted by atomic mass is 9.91. The fourth-order valence-electron chi connectivity index (χ4n) is 3.41. The zero-order valence-electron chi connectivity index (χ0n) is 19.6. The number of methoxy groups -OCH3 is 1. The van der Waals surface area contributed by atoms with Gasteiger partial charge in [0.05, 0.1) is 24.4 Å². The lowest BCUT2D eigenvalue weighted by Crippen LogP contribution is -2.41. The van der Waals surface area contributed by atoms with Crippen molar-refractivity contribution in [2.75, 3.05) is 25.5 Å². The second kappa shape index (κ2) is 11.3. The van der Waals surface area contributed by atoms with Gasteiger partial charge in [-0.05, 0) is 51.3 Å². The first-order valence-electron chi connectivity index (χ1n) is 11.1. The number of carbonyl (C=O) groups excluding carboxylic acids is 1. The molecule has 1 heterocycles. The number of pyridine rings is 1. The molecule has 0 spiro atoms. The molecule has 31 heavy (non-hydrogen) atoms. The fraction of sp³-hybridized carbons (Fsp3) is 0.583. The number of nitrogens with one attached hydrogen (secondary N) is 2. The molecule has 0 bridgehead atoms. The number of hydrogen-bond donors (Lipinski definition) is 4. The Bertz CT molecular complexity index is 863. The van der Waals surface area contributed by atoms with Crippen LogP contribution in [0.3, 0.4) is 0 Å². The predicted octanol–water partition coefficient (Wildman–Crippen LogP) is 3.30. The van der Waals surface area contributed by atoms with Crippen LogP contribution in [-0.4, -0.2) is 43.2 Å². The highest BCUT2D eigenvalue weighted by Gasteiger charge is 2.18. The van der Waals surface area contributed by atoms with Gasteiger partial charge in [-0.1, -0.05) is 26.8 Å². The number of nitrogens with zero attached hydrogens (tertiary/aromatic N) is 1. The Kier molecular flexibility index (Phi) is 9.07. The van der Waals surface area contributed by atoms with Crippen LogP contribution in [0.15, 0.2) is 24.3 Å². The number of hydrogen-bond acceptors (Lipinski definition) is 6. The molecular formula is C24H39N5O2. The molecule has 0 aliphatic rings. The van der Waals surface area contributed by atoms with Crippen LogP contribution in [0.1, 0.15) is 59.1 Å². The van der Waals surface area contributed by atoms with Crippen LogP contribution in [0, 0.1) is 0 Å². The smallest absolute Gasteiger partial charge is 0.236 e. The zero-order chi connectivity index (χ0) is 23.0. The maximum Gasteiger partial charge on any atom is 0.236 e. The second-order valence-electron chi connectivity index (χ2n) is 9.21. The molecule has 172 valence electrons. The first-order valence-corrected chi connectivity index (χ1v) is 11.1. The van der Waals surface area contributed by atoms with Crippen molar-refractivity contribution < 1.29 is 9.53 Å². The Balaban J connectivity index is 2.00. The van der Waals surface area contributed by atoms with Crippen LogP contribution in [0.4, 0.5) is 5.69 Å².